The predicted octanol–water partition coefficient (Wildman–Crippen LogP) is 3.14. The Balaban J connectivity index is 1.36. The average Bonchev–Trinajstić information content (AvgIpc) is 3.42. The number of benzene rings is 2. The van der Waals surface area contributed by atoms with Crippen LogP contribution in [0.2, 0.25) is 0 Å². The average molecular weight is 421 g/mol. The van der Waals surface area contributed by atoms with Crippen LogP contribution in [0.15, 0.2) is 54.4 Å². The zero-order chi connectivity index (χ0) is 20.7. The molecular weight excluding hydrogens is 402 g/mol. The molecule has 0 aliphatic carbocycles. The second-order valence-electron chi connectivity index (χ2n) is 7.01. The fraction of sp³-hybridized carbons (Fsp3) is 0.182. The predicted molar refractivity (Wildman–Crippen MR) is 116 cm³/mol. The minimum absolute atomic E-state index is 0.136. The maximum Gasteiger partial charge on any atom is 0.276 e. The summed E-state index contributed by atoms with van der Waals surface area (Å²) in [5, 5.41) is 4.44. The molecule has 5 rings (SSSR count). The Kier molecular flexibility index (Phi) is 4.55. The largest absolute Gasteiger partial charge is 0.492 e. The summed E-state index contributed by atoms with van der Waals surface area (Å²) in [4.78, 5) is 13.8. The van der Waals surface area contributed by atoms with Crippen LogP contribution in [0.4, 0.5) is 0 Å². The highest BCUT2D eigenvalue weighted by Gasteiger charge is 2.27. The molecule has 2 aliphatic rings. The van der Waals surface area contributed by atoms with Crippen LogP contribution in [0.25, 0.3) is 17.0 Å². The van der Waals surface area contributed by atoms with Crippen LogP contribution in [0, 0.1) is 0 Å². The van der Waals surface area contributed by atoms with Crippen molar-refractivity contribution in [3.63, 3.8) is 0 Å². The van der Waals surface area contributed by atoms with E-state index in [-0.39, 0.29) is 12.7 Å². The maximum atomic E-state index is 12.3. The van der Waals surface area contributed by atoms with Gasteiger partial charge in [-0.25, -0.2) is 0 Å². The van der Waals surface area contributed by atoms with E-state index in [2.05, 4.69) is 16.0 Å². The molecule has 8 heteroatoms. The molecule has 30 heavy (non-hydrogen) atoms. The van der Waals surface area contributed by atoms with Gasteiger partial charge in [0.05, 0.1) is 6.54 Å². The molecule has 0 saturated carbocycles. The van der Waals surface area contributed by atoms with Gasteiger partial charge in [-0.15, -0.1) is 0 Å². The van der Waals surface area contributed by atoms with Crippen molar-refractivity contribution in [2.24, 2.45) is 0 Å². The molecule has 1 amide bonds. The van der Waals surface area contributed by atoms with Gasteiger partial charge in [0.15, 0.2) is 16.6 Å². The van der Waals surface area contributed by atoms with E-state index in [0.717, 1.165) is 28.0 Å². The highest BCUT2D eigenvalue weighted by atomic mass is 32.1. The minimum Gasteiger partial charge on any atom is -0.492 e. The van der Waals surface area contributed by atoms with Crippen molar-refractivity contribution < 1.29 is 19.0 Å². The van der Waals surface area contributed by atoms with E-state index in [1.54, 1.807) is 7.05 Å². The quantitative estimate of drug-likeness (QED) is 0.504. The molecule has 152 valence electrons. The summed E-state index contributed by atoms with van der Waals surface area (Å²) in [6, 6.07) is 13.6. The molecule has 0 unspecified atom stereocenters. The van der Waals surface area contributed by atoms with Gasteiger partial charge in [-0.05, 0) is 36.5 Å². The lowest BCUT2D eigenvalue weighted by atomic mass is 10.1. The number of hydrogen-bond donors (Lipinski definition) is 1. The number of rotatable bonds is 5. The Labute approximate surface area is 178 Å². The first-order valence-electron chi connectivity index (χ1n) is 9.51. The van der Waals surface area contributed by atoms with Gasteiger partial charge < -0.3 is 24.1 Å². The summed E-state index contributed by atoms with van der Waals surface area (Å²) < 4.78 is 18.7. The lowest BCUT2D eigenvalue weighted by molar-refractivity contribution is -0.121. The van der Waals surface area contributed by atoms with Crippen LogP contribution in [0.5, 0.6) is 17.2 Å². The normalized spacial score (nSPS) is 16.6. The molecule has 0 radical (unpaired) electrons. The van der Waals surface area contributed by atoms with E-state index < -0.39 is 0 Å². The number of thiocarbonyl (C=S) groups is 1. The van der Waals surface area contributed by atoms with Gasteiger partial charge in [-0.2, -0.15) is 0 Å². The van der Waals surface area contributed by atoms with Crippen LogP contribution in [0.1, 0.15) is 5.56 Å². The SMILES string of the molecule is CN1C(=O)/C(=C/c2cn(CCOc3ccc4c(c3)OCO4)c3ccccc23)NC1=S. The van der Waals surface area contributed by atoms with Crippen molar-refractivity contribution in [2.45, 2.75) is 6.54 Å². The van der Waals surface area contributed by atoms with Gasteiger partial charge in [-0.3, -0.25) is 9.69 Å². The van der Waals surface area contributed by atoms with E-state index in [1.165, 1.54) is 4.90 Å². The lowest BCUT2D eigenvalue weighted by Crippen LogP contribution is -2.25. The second-order valence-corrected chi connectivity index (χ2v) is 7.40. The Morgan fingerprint density at radius 3 is 2.87 bits per heavy atom. The van der Waals surface area contributed by atoms with Crippen molar-refractivity contribution >= 4 is 40.2 Å². The van der Waals surface area contributed by atoms with Crippen molar-refractivity contribution in [2.75, 3.05) is 20.4 Å². The summed E-state index contributed by atoms with van der Waals surface area (Å²) >= 11 is 5.16. The van der Waals surface area contributed by atoms with E-state index >= 15 is 0 Å². The van der Waals surface area contributed by atoms with Crippen LogP contribution < -0.4 is 19.5 Å². The molecule has 0 bridgehead atoms. The number of nitrogens with one attached hydrogen (secondary N) is 1. The molecule has 1 fully saturated rings. The zero-order valence-electron chi connectivity index (χ0n) is 16.3. The first-order chi connectivity index (χ1) is 14.6. The Bertz CT molecular complexity index is 1200. The number of fused-ring (bicyclic) bond motifs is 2. The number of likely N-dealkylation sites (N-methyl/N-ethyl adjacent to an activating group) is 1. The van der Waals surface area contributed by atoms with E-state index in [9.17, 15) is 4.79 Å². The third-order valence-electron chi connectivity index (χ3n) is 5.15. The molecule has 3 heterocycles. The summed E-state index contributed by atoms with van der Waals surface area (Å²) in [5.74, 6) is 2.03. The van der Waals surface area contributed by atoms with Gasteiger partial charge in [0.1, 0.15) is 18.1 Å². The summed E-state index contributed by atoms with van der Waals surface area (Å²) in [6.45, 7) is 1.38. The van der Waals surface area contributed by atoms with E-state index in [1.807, 2.05) is 48.7 Å². The Morgan fingerprint density at radius 2 is 2.03 bits per heavy atom. The van der Waals surface area contributed by atoms with Crippen LogP contribution in [-0.4, -0.2) is 40.9 Å². The molecule has 3 aromatic rings. The van der Waals surface area contributed by atoms with Gasteiger partial charge >= 0.3 is 0 Å². The number of amides is 1. The topological polar surface area (TPSA) is 65.0 Å². The van der Waals surface area contributed by atoms with Gasteiger partial charge in [0.2, 0.25) is 6.79 Å². The molecule has 7 nitrogen and oxygen atoms in total. The number of hydrogen-bond acceptors (Lipinski definition) is 5. The van der Waals surface area contributed by atoms with Crippen molar-refractivity contribution in [1.29, 1.82) is 0 Å². The fourth-order valence-electron chi connectivity index (χ4n) is 3.58. The van der Waals surface area contributed by atoms with Crippen LogP contribution >= 0.6 is 12.2 Å². The van der Waals surface area contributed by atoms with Crippen LogP contribution in [-0.2, 0) is 11.3 Å². The number of ether oxygens (including phenoxy) is 3. The number of nitrogens with zero attached hydrogens (tertiary/aromatic N) is 2. The molecule has 1 aromatic heterocycles. The summed E-state index contributed by atoms with van der Waals surface area (Å²) in [7, 11) is 1.66. The van der Waals surface area contributed by atoms with Gasteiger partial charge in [0.25, 0.3) is 5.91 Å². The highest BCUT2D eigenvalue weighted by molar-refractivity contribution is 7.80. The zero-order valence-corrected chi connectivity index (χ0v) is 17.1. The smallest absolute Gasteiger partial charge is 0.276 e. The lowest BCUT2D eigenvalue weighted by Gasteiger charge is -2.09. The monoisotopic (exact) mass is 421 g/mol. The highest BCUT2D eigenvalue weighted by Crippen LogP contribution is 2.35. The number of aromatic nitrogens is 1. The Morgan fingerprint density at radius 1 is 1.20 bits per heavy atom. The van der Waals surface area contributed by atoms with Crippen molar-refractivity contribution in [1.82, 2.24) is 14.8 Å². The molecule has 1 N–H and O–H groups in total. The first-order valence-corrected chi connectivity index (χ1v) is 9.92. The van der Waals surface area contributed by atoms with Crippen LogP contribution in [0.3, 0.4) is 0 Å². The number of carbonyl (C=O) groups is 1. The third-order valence-corrected chi connectivity index (χ3v) is 5.52. The molecule has 2 aromatic carbocycles. The standard InChI is InChI=1S/C22H19N3O4S/c1-24-21(26)17(23-22(24)30)10-14-12-25(18-5-3-2-4-16(14)18)8-9-27-15-6-7-19-20(11-15)29-13-28-19/h2-7,10-12H,8-9,13H2,1H3,(H,23,30)/b17-10-. The van der Waals surface area contributed by atoms with Gasteiger partial charge in [-0.1, -0.05) is 18.2 Å². The summed E-state index contributed by atoms with van der Waals surface area (Å²) in [5.41, 5.74) is 2.49. The molecule has 2 aliphatic heterocycles. The molecule has 0 atom stereocenters. The fourth-order valence-corrected chi connectivity index (χ4v) is 3.78. The van der Waals surface area contributed by atoms with E-state index in [4.69, 9.17) is 26.4 Å². The van der Waals surface area contributed by atoms with Crippen molar-refractivity contribution in [3.8, 4) is 17.2 Å². The third kappa shape index (κ3) is 3.25. The van der Waals surface area contributed by atoms with Gasteiger partial charge in [0, 0.05) is 35.8 Å². The minimum atomic E-state index is -0.136. The number of para-hydroxylation sites is 1. The summed E-state index contributed by atoms with van der Waals surface area (Å²) in [6.07, 6.45) is 3.87. The maximum absolute atomic E-state index is 12.3. The van der Waals surface area contributed by atoms with Crippen molar-refractivity contribution in [3.05, 3.63) is 59.9 Å². The first kappa shape index (κ1) is 18.5. The van der Waals surface area contributed by atoms with E-state index in [0.29, 0.717) is 29.7 Å². The number of carbonyl (C=O) groups excluding carboxylic acids is 1. The molecule has 0 spiro atoms. The molecule has 1 saturated heterocycles. The Hall–Kier alpha value is -3.52. The second kappa shape index (κ2) is 7.38. The molecular formula is C22H19N3O4S.